The van der Waals surface area contributed by atoms with E-state index in [2.05, 4.69) is 51.8 Å². The topological polar surface area (TPSA) is 15.3 Å². The Kier molecular flexibility index (Phi) is 6.13. The highest BCUT2D eigenvalue weighted by Gasteiger charge is 2.27. The van der Waals surface area contributed by atoms with E-state index in [0.29, 0.717) is 11.5 Å². The van der Waals surface area contributed by atoms with E-state index < -0.39 is 0 Å². The average molecular weight is 254 g/mol. The van der Waals surface area contributed by atoms with E-state index in [1.165, 1.54) is 32.4 Å². The SMILES string of the molecule is CCNC(CCN1CCC(C)CC1C)C(C)(C)C. The maximum absolute atomic E-state index is 3.66. The van der Waals surface area contributed by atoms with Crippen molar-refractivity contribution < 1.29 is 0 Å². The van der Waals surface area contributed by atoms with Crippen molar-refractivity contribution in [2.24, 2.45) is 11.3 Å². The van der Waals surface area contributed by atoms with E-state index in [-0.39, 0.29) is 0 Å². The van der Waals surface area contributed by atoms with E-state index in [0.717, 1.165) is 18.5 Å². The van der Waals surface area contributed by atoms with Crippen molar-refractivity contribution in [3.05, 3.63) is 0 Å². The summed E-state index contributed by atoms with van der Waals surface area (Å²) < 4.78 is 0. The van der Waals surface area contributed by atoms with Crippen molar-refractivity contribution in [1.82, 2.24) is 10.2 Å². The van der Waals surface area contributed by atoms with Gasteiger partial charge in [0.1, 0.15) is 0 Å². The third kappa shape index (κ3) is 4.89. The van der Waals surface area contributed by atoms with Crippen LogP contribution in [0.2, 0.25) is 0 Å². The minimum atomic E-state index is 0.363. The van der Waals surface area contributed by atoms with Gasteiger partial charge in [-0.15, -0.1) is 0 Å². The molecule has 1 heterocycles. The van der Waals surface area contributed by atoms with Gasteiger partial charge in [-0.05, 0) is 57.2 Å². The Labute approximate surface area is 115 Å². The van der Waals surface area contributed by atoms with Crippen LogP contribution in [-0.2, 0) is 0 Å². The molecule has 0 saturated carbocycles. The smallest absolute Gasteiger partial charge is 0.0128 e. The minimum Gasteiger partial charge on any atom is -0.314 e. The molecule has 2 nitrogen and oxygen atoms in total. The van der Waals surface area contributed by atoms with Crippen LogP contribution in [0.5, 0.6) is 0 Å². The fraction of sp³-hybridized carbons (Fsp3) is 1.00. The van der Waals surface area contributed by atoms with Gasteiger partial charge in [-0.3, -0.25) is 0 Å². The molecule has 3 unspecified atom stereocenters. The van der Waals surface area contributed by atoms with Crippen LogP contribution >= 0.6 is 0 Å². The van der Waals surface area contributed by atoms with E-state index in [9.17, 15) is 0 Å². The van der Waals surface area contributed by atoms with Gasteiger partial charge in [-0.1, -0.05) is 34.6 Å². The summed E-state index contributed by atoms with van der Waals surface area (Å²) in [6, 6.07) is 1.41. The molecule has 1 saturated heterocycles. The normalized spacial score (nSPS) is 28.3. The lowest BCUT2D eigenvalue weighted by Crippen LogP contribution is -2.46. The lowest BCUT2D eigenvalue weighted by atomic mass is 9.84. The van der Waals surface area contributed by atoms with Gasteiger partial charge in [-0.2, -0.15) is 0 Å². The first-order valence-electron chi connectivity index (χ1n) is 7.82. The number of nitrogens with one attached hydrogen (secondary N) is 1. The first-order chi connectivity index (χ1) is 8.34. The van der Waals surface area contributed by atoms with Crippen molar-refractivity contribution in [1.29, 1.82) is 0 Å². The molecule has 1 aliphatic rings. The van der Waals surface area contributed by atoms with Gasteiger partial charge in [0.2, 0.25) is 0 Å². The molecule has 0 aliphatic carbocycles. The first kappa shape index (κ1) is 16.0. The second-order valence-corrected chi connectivity index (χ2v) is 7.28. The molecular formula is C16H34N2. The molecule has 2 heteroatoms. The Morgan fingerprint density at radius 3 is 2.44 bits per heavy atom. The summed E-state index contributed by atoms with van der Waals surface area (Å²) in [5, 5.41) is 3.66. The molecule has 3 atom stereocenters. The molecule has 0 aromatic carbocycles. The van der Waals surface area contributed by atoms with Crippen molar-refractivity contribution >= 4 is 0 Å². The molecule has 0 aromatic heterocycles. The Hall–Kier alpha value is -0.0800. The van der Waals surface area contributed by atoms with Crippen LogP contribution in [0.4, 0.5) is 0 Å². The number of rotatable bonds is 5. The Bertz CT molecular complexity index is 232. The fourth-order valence-corrected chi connectivity index (χ4v) is 3.17. The highest BCUT2D eigenvalue weighted by Crippen LogP contribution is 2.25. The van der Waals surface area contributed by atoms with Crippen LogP contribution < -0.4 is 5.32 Å². The summed E-state index contributed by atoms with van der Waals surface area (Å²) >= 11 is 0. The van der Waals surface area contributed by atoms with Crippen LogP contribution in [0.25, 0.3) is 0 Å². The molecule has 0 bridgehead atoms. The van der Waals surface area contributed by atoms with E-state index in [1.54, 1.807) is 0 Å². The van der Waals surface area contributed by atoms with Crippen molar-refractivity contribution in [2.45, 2.75) is 72.9 Å². The molecule has 0 radical (unpaired) electrons. The van der Waals surface area contributed by atoms with Gasteiger partial charge in [0, 0.05) is 12.1 Å². The number of likely N-dealkylation sites (tertiary alicyclic amines) is 1. The number of hydrogen-bond donors (Lipinski definition) is 1. The molecule has 0 spiro atoms. The Morgan fingerprint density at radius 1 is 1.28 bits per heavy atom. The van der Waals surface area contributed by atoms with Crippen LogP contribution in [0.3, 0.4) is 0 Å². The van der Waals surface area contributed by atoms with E-state index in [4.69, 9.17) is 0 Å². The van der Waals surface area contributed by atoms with Crippen LogP contribution in [0.15, 0.2) is 0 Å². The van der Waals surface area contributed by atoms with Gasteiger partial charge in [0.15, 0.2) is 0 Å². The summed E-state index contributed by atoms with van der Waals surface area (Å²) in [5.74, 6) is 0.920. The molecule has 0 amide bonds. The predicted octanol–water partition coefficient (Wildman–Crippen LogP) is 3.52. The van der Waals surface area contributed by atoms with E-state index in [1.807, 2.05) is 0 Å². The molecular weight excluding hydrogens is 220 g/mol. The summed E-state index contributed by atoms with van der Waals surface area (Å²) in [6.45, 7) is 17.7. The molecule has 1 N–H and O–H groups in total. The molecule has 0 aromatic rings. The highest BCUT2D eigenvalue weighted by molar-refractivity contribution is 4.83. The standard InChI is InChI=1S/C16H34N2/c1-7-17-15(16(4,5)6)9-11-18-10-8-13(2)12-14(18)3/h13-15,17H,7-12H2,1-6H3. The largest absolute Gasteiger partial charge is 0.314 e. The van der Waals surface area contributed by atoms with Crippen LogP contribution in [-0.4, -0.2) is 36.6 Å². The zero-order valence-electron chi connectivity index (χ0n) is 13.4. The van der Waals surface area contributed by atoms with Gasteiger partial charge >= 0.3 is 0 Å². The third-order valence-corrected chi connectivity index (χ3v) is 4.48. The molecule has 1 aliphatic heterocycles. The summed E-state index contributed by atoms with van der Waals surface area (Å²) in [4.78, 5) is 2.69. The summed E-state index contributed by atoms with van der Waals surface area (Å²) in [7, 11) is 0. The van der Waals surface area contributed by atoms with Gasteiger partial charge in [0.25, 0.3) is 0 Å². The monoisotopic (exact) mass is 254 g/mol. The van der Waals surface area contributed by atoms with Crippen molar-refractivity contribution in [3.8, 4) is 0 Å². The summed E-state index contributed by atoms with van der Waals surface area (Å²) in [5.41, 5.74) is 0.363. The molecule has 18 heavy (non-hydrogen) atoms. The third-order valence-electron chi connectivity index (χ3n) is 4.48. The number of nitrogens with zero attached hydrogens (tertiary/aromatic N) is 1. The zero-order chi connectivity index (χ0) is 13.8. The van der Waals surface area contributed by atoms with Crippen LogP contribution in [0.1, 0.15) is 60.8 Å². The van der Waals surface area contributed by atoms with Crippen LogP contribution in [0, 0.1) is 11.3 Å². The molecule has 1 fully saturated rings. The predicted molar refractivity (Wildman–Crippen MR) is 81.0 cm³/mol. The maximum Gasteiger partial charge on any atom is 0.0128 e. The average Bonchev–Trinajstić information content (AvgIpc) is 2.24. The quantitative estimate of drug-likeness (QED) is 0.807. The maximum atomic E-state index is 3.66. The van der Waals surface area contributed by atoms with E-state index >= 15 is 0 Å². The molecule has 108 valence electrons. The number of hydrogen-bond acceptors (Lipinski definition) is 2. The summed E-state index contributed by atoms with van der Waals surface area (Å²) in [6.07, 6.45) is 4.03. The second-order valence-electron chi connectivity index (χ2n) is 7.28. The lowest BCUT2D eigenvalue weighted by Gasteiger charge is -2.39. The minimum absolute atomic E-state index is 0.363. The van der Waals surface area contributed by atoms with Crippen molar-refractivity contribution in [2.75, 3.05) is 19.6 Å². The zero-order valence-corrected chi connectivity index (χ0v) is 13.4. The highest BCUT2D eigenvalue weighted by atomic mass is 15.2. The van der Waals surface area contributed by atoms with Gasteiger partial charge < -0.3 is 10.2 Å². The molecule has 1 rings (SSSR count). The fourth-order valence-electron chi connectivity index (χ4n) is 3.17. The first-order valence-corrected chi connectivity index (χ1v) is 7.82. The van der Waals surface area contributed by atoms with Gasteiger partial charge in [0.05, 0.1) is 0 Å². The Morgan fingerprint density at radius 2 is 1.94 bits per heavy atom. The lowest BCUT2D eigenvalue weighted by molar-refractivity contribution is 0.114. The Balaban J connectivity index is 2.42. The second kappa shape index (κ2) is 6.91. The number of piperidine rings is 1. The van der Waals surface area contributed by atoms with Crippen molar-refractivity contribution in [3.63, 3.8) is 0 Å². The van der Waals surface area contributed by atoms with Gasteiger partial charge in [-0.25, -0.2) is 0 Å².